The van der Waals surface area contributed by atoms with Gasteiger partial charge in [0.15, 0.2) is 23.2 Å². The summed E-state index contributed by atoms with van der Waals surface area (Å²) >= 11 is 0. The first kappa shape index (κ1) is 14.1. The summed E-state index contributed by atoms with van der Waals surface area (Å²) in [6.07, 6.45) is 3.00. The Morgan fingerprint density at radius 3 is 2.75 bits per heavy atom. The zero-order valence-corrected chi connectivity index (χ0v) is 13.1. The summed E-state index contributed by atoms with van der Waals surface area (Å²) in [5.41, 5.74) is 2.03. The molecule has 24 heavy (non-hydrogen) atoms. The minimum absolute atomic E-state index is 0.343. The van der Waals surface area contributed by atoms with E-state index in [2.05, 4.69) is 26.2 Å². The Morgan fingerprint density at radius 2 is 2.00 bits per heavy atom. The minimum Gasteiger partial charge on any atom is -0.483 e. The number of rotatable bonds is 3. The van der Waals surface area contributed by atoms with Crippen LogP contribution < -0.4 is 4.74 Å². The first-order valence-electron chi connectivity index (χ1n) is 7.35. The maximum atomic E-state index is 8.83. The number of nitrogens with zero attached hydrogens (tertiary/aromatic N) is 7. The molecule has 4 rings (SSSR count). The van der Waals surface area contributed by atoms with Gasteiger partial charge in [0.25, 0.3) is 0 Å². The Morgan fingerprint density at radius 1 is 1.21 bits per heavy atom. The van der Waals surface area contributed by atoms with Crippen LogP contribution in [0.1, 0.15) is 24.4 Å². The molecule has 3 heterocycles. The molecule has 118 valence electrons. The molecule has 1 aromatic carbocycles. The van der Waals surface area contributed by atoms with Crippen LogP contribution in [0.25, 0.3) is 16.7 Å². The van der Waals surface area contributed by atoms with E-state index in [0.29, 0.717) is 22.8 Å². The van der Waals surface area contributed by atoms with Crippen LogP contribution in [0.4, 0.5) is 0 Å². The van der Waals surface area contributed by atoms with Gasteiger partial charge in [-0.3, -0.25) is 4.68 Å². The van der Waals surface area contributed by atoms with Crippen molar-refractivity contribution >= 4 is 16.7 Å². The lowest BCUT2D eigenvalue weighted by Gasteiger charge is -2.11. The van der Waals surface area contributed by atoms with Gasteiger partial charge in [0.05, 0.1) is 23.2 Å². The van der Waals surface area contributed by atoms with Crippen molar-refractivity contribution in [3.05, 3.63) is 48.2 Å². The molecule has 0 aliphatic rings. The monoisotopic (exact) mass is 319 g/mol. The molecule has 1 unspecified atom stereocenters. The van der Waals surface area contributed by atoms with Crippen LogP contribution in [0, 0.1) is 11.3 Å². The van der Waals surface area contributed by atoms with Crippen molar-refractivity contribution in [3.63, 3.8) is 0 Å². The molecule has 8 heteroatoms. The fraction of sp³-hybridized carbons (Fsp3) is 0.188. The number of benzene rings is 1. The van der Waals surface area contributed by atoms with Crippen molar-refractivity contribution < 1.29 is 4.74 Å². The summed E-state index contributed by atoms with van der Waals surface area (Å²) in [6, 6.07) is 9.01. The molecule has 0 spiro atoms. The van der Waals surface area contributed by atoms with Crippen molar-refractivity contribution in [1.29, 1.82) is 5.26 Å². The van der Waals surface area contributed by atoms with Gasteiger partial charge < -0.3 is 4.74 Å². The van der Waals surface area contributed by atoms with Gasteiger partial charge in [-0.15, -0.1) is 5.10 Å². The standard InChI is InChI=1S/C16H13N7O/c1-10(24-12-5-3-11(7-17)4-6-12)14-20-16-13-8-19-22(2)15(13)18-9-23(16)21-14/h3-6,8-10H,1-2H3. The average Bonchev–Trinajstić information content (AvgIpc) is 3.19. The quantitative estimate of drug-likeness (QED) is 0.573. The van der Waals surface area contributed by atoms with E-state index < -0.39 is 0 Å². The second-order valence-electron chi connectivity index (χ2n) is 5.38. The molecule has 0 N–H and O–H groups in total. The number of hydrogen-bond donors (Lipinski definition) is 0. The predicted octanol–water partition coefficient (Wildman–Crippen LogP) is 2.02. The lowest BCUT2D eigenvalue weighted by molar-refractivity contribution is 0.216. The normalized spacial score (nSPS) is 12.4. The lowest BCUT2D eigenvalue weighted by Crippen LogP contribution is -2.05. The van der Waals surface area contributed by atoms with E-state index in [1.165, 1.54) is 0 Å². The third kappa shape index (κ3) is 2.23. The molecule has 3 aromatic heterocycles. The Hall–Kier alpha value is -3.47. The van der Waals surface area contributed by atoms with Crippen LogP contribution in [-0.4, -0.2) is 29.4 Å². The van der Waals surface area contributed by atoms with Crippen LogP contribution in [0.3, 0.4) is 0 Å². The second kappa shape index (κ2) is 5.31. The van der Waals surface area contributed by atoms with Gasteiger partial charge in [-0.2, -0.15) is 10.4 Å². The zero-order chi connectivity index (χ0) is 16.7. The summed E-state index contributed by atoms with van der Waals surface area (Å²) in [6.45, 7) is 1.88. The Labute approximate surface area is 136 Å². The molecule has 1 atom stereocenters. The highest BCUT2D eigenvalue weighted by atomic mass is 16.5. The SMILES string of the molecule is CC(Oc1ccc(C#N)cc1)c1nc2c3cnn(C)c3ncn2n1. The molecule has 0 aliphatic heterocycles. The summed E-state index contributed by atoms with van der Waals surface area (Å²) in [5.74, 6) is 1.21. The number of aromatic nitrogens is 6. The van der Waals surface area contributed by atoms with Gasteiger partial charge in [0.1, 0.15) is 12.1 Å². The third-order valence-corrected chi connectivity index (χ3v) is 3.75. The van der Waals surface area contributed by atoms with Crippen molar-refractivity contribution in [3.8, 4) is 11.8 Å². The van der Waals surface area contributed by atoms with E-state index in [1.807, 2.05) is 14.0 Å². The van der Waals surface area contributed by atoms with E-state index in [0.717, 1.165) is 11.0 Å². The summed E-state index contributed by atoms with van der Waals surface area (Å²) < 4.78 is 9.18. The molecule has 0 saturated heterocycles. The van der Waals surface area contributed by atoms with Crippen molar-refractivity contribution in [2.75, 3.05) is 0 Å². The molecular weight excluding hydrogens is 306 g/mol. The van der Waals surface area contributed by atoms with Gasteiger partial charge >= 0.3 is 0 Å². The Balaban J connectivity index is 1.67. The molecule has 0 bridgehead atoms. The molecule has 0 amide bonds. The van der Waals surface area contributed by atoms with Crippen molar-refractivity contribution in [2.24, 2.45) is 7.05 Å². The number of hydrogen-bond acceptors (Lipinski definition) is 6. The highest BCUT2D eigenvalue weighted by molar-refractivity contribution is 5.88. The molecular formula is C16H13N7O. The van der Waals surface area contributed by atoms with Crippen molar-refractivity contribution in [2.45, 2.75) is 13.0 Å². The molecule has 0 radical (unpaired) electrons. The number of nitriles is 1. The minimum atomic E-state index is -0.343. The van der Waals surface area contributed by atoms with Crippen LogP contribution in [0.15, 0.2) is 36.8 Å². The average molecular weight is 319 g/mol. The summed E-state index contributed by atoms with van der Waals surface area (Å²) in [7, 11) is 1.83. The van der Waals surface area contributed by atoms with Crippen molar-refractivity contribution in [1.82, 2.24) is 29.4 Å². The predicted molar refractivity (Wildman–Crippen MR) is 85.3 cm³/mol. The first-order chi connectivity index (χ1) is 11.7. The molecule has 0 saturated carbocycles. The van der Waals surface area contributed by atoms with Gasteiger partial charge in [-0.1, -0.05) is 0 Å². The smallest absolute Gasteiger partial charge is 0.192 e. The van der Waals surface area contributed by atoms with Gasteiger partial charge in [-0.25, -0.2) is 14.5 Å². The van der Waals surface area contributed by atoms with E-state index in [-0.39, 0.29) is 6.10 Å². The Kier molecular flexibility index (Phi) is 3.13. The lowest BCUT2D eigenvalue weighted by atomic mass is 10.2. The second-order valence-corrected chi connectivity index (χ2v) is 5.38. The Bertz CT molecular complexity index is 1070. The van der Waals surface area contributed by atoms with Crippen LogP contribution in [-0.2, 0) is 7.05 Å². The molecule has 8 nitrogen and oxygen atoms in total. The maximum absolute atomic E-state index is 8.83. The first-order valence-corrected chi connectivity index (χ1v) is 7.35. The molecule has 0 aliphatic carbocycles. The number of aryl methyl sites for hydroxylation is 1. The van der Waals surface area contributed by atoms with E-state index in [1.54, 1.807) is 46.0 Å². The van der Waals surface area contributed by atoms with Gasteiger partial charge in [0, 0.05) is 7.05 Å². The van der Waals surface area contributed by atoms with E-state index >= 15 is 0 Å². The molecule has 4 aromatic rings. The fourth-order valence-electron chi connectivity index (χ4n) is 2.49. The van der Waals surface area contributed by atoms with Crippen LogP contribution >= 0.6 is 0 Å². The third-order valence-electron chi connectivity index (χ3n) is 3.75. The zero-order valence-electron chi connectivity index (χ0n) is 13.1. The van der Waals surface area contributed by atoms with Crippen LogP contribution in [0.5, 0.6) is 5.75 Å². The summed E-state index contributed by atoms with van der Waals surface area (Å²) in [5, 5.41) is 18.3. The largest absolute Gasteiger partial charge is 0.483 e. The molecule has 0 fully saturated rings. The summed E-state index contributed by atoms with van der Waals surface area (Å²) in [4.78, 5) is 8.90. The number of ether oxygens (including phenoxy) is 1. The van der Waals surface area contributed by atoms with Crippen LogP contribution in [0.2, 0.25) is 0 Å². The highest BCUT2D eigenvalue weighted by Crippen LogP contribution is 2.22. The number of fused-ring (bicyclic) bond motifs is 3. The topological polar surface area (TPSA) is 93.9 Å². The van der Waals surface area contributed by atoms with E-state index in [9.17, 15) is 0 Å². The van der Waals surface area contributed by atoms with Gasteiger partial charge in [-0.05, 0) is 31.2 Å². The van der Waals surface area contributed by atoms with Gasteiger partial charge in [0.2, 0.25) is 0 Å². The fourth-order valence-corrected chi connectivity index (χ4v) is 2.49. The van der Waals surface area contributed by atoms with E-state index in [4.69, 9.17) is 10.00 Å². The maximum Gasteiger partial charge on any atom is 0.192 e. The highest BCUT2D eigenvalue weighted by Gasteiger charge is 2.17.